The Kier molecular flexibility index (Phi) is 10.3. The van der Waals surface area contributed by atoms with Gasteiger partial charge in [-0.2, -0.15) is 0 Å². The van der Waals surface area contributed by atoms with Crippen molar-refractivity contribution in [2.24, 2.45) is 0 Å². The maximum absolute atomic E-state index is 12.7. The van der Waals surface area contributed by atoms with E-state index in [4.69, 9.17) is 27.9 Å². The van der Waals surface area contributed by atoms with Gasteiger partial charge in [0.05, 0.1) is 23.9 Å². The van der Waals surface area contributed by atoms with Gasteiger partial charge in [0.15, 0.2) is 0 Å². The highest BCUT2D eigenvalue weighted by molar-refractivity contribution is 6.36. The Hall–Kier alpha value is -1.05. The Morgan fingerprint density at radius 2 is 2.08 bits per heavy atom. The molecule has 1 aromatic carbocycles. The third-order valence-corrected chi connectivity index (χ3v) is 4.62. The average Bonchev–Trinajstić information content (AvgIpc) is 2.61. The minimum Gasteiger partial charge on any atom is -0.383 e. The number of hydrogen-bond donors (Lipinski definition) is 2. The Labute approximate surface area is 169 Å². The normalized spacial score (nSPS) is 16.7. The molecule has 2 amide bonds. The zero-order valence-electron chi connectivity index (χ0n) is 14.6. The first-order valence-electron chi connectivity index (χ1n) is 8.28. The van der Waals surface area contributed by atoms with Gasteiger partial charge < -0.3 is 20.3 Å². The highest BCUT2D eigenvalue weighted by Gasteiger charge is 2.32. The van der Waals surface area contributed by atoms with Gasteiger partial charge in [-0.25, -0.2) is 0 Å². The second kappa shape index (κ2) is 11.6. The van der Waals surface area contributed by atoms with Gasteiger partial charge in [0.25, 0.3) is 0 Å². The lowest BCUT2D eigenvalue weighted by Crippen LogP contribution is -2.52. The highest BCUT2D eigenvalue weighted by Crippen LogP contribution is 2.26. The van der Waals surface area contributed by atoms with Crippen LogP contribution in [0.1, 0.15) is 19.3 Å². The third-order valence-electron chi connectivity index (χ3n) is 4.07. The summed E-state index contributed by atoms with van der Waals surface area (Å²) in [5.74, 6) is -0.313. The van der Waals surface area contributed by atoms with Crippen LogP contribution >= 0.6 is 35.6 Å². The van der Waals surface area contributed by atoms with Crippen molar-refractivity contribution in [1.29, 1.82) is 0 Å². The standard InChI is InChI=1S/C17H23Cl2N3O3.ClH/c1-25-9-7-20-11-16(23)22-8-3-2-4-15(22)17(24)21-14-6-5-12(18)10-13(14)19;/h5-6,10,15,20H,2-4,7-9,11H2,1H3,(H,21,24);1H. The quantitative estimate of drug-likeness (QED) is 0.660. The fraction of sp³-hybridized carbons (Fsp3) is 0.529. The van der Waals surface area contributed by atoms with E-state index in [-0.39, 0.29) is 30.8 Å². The number of ether oxygens (including phenoxy) is 1. The number of nitrogens with zero attached hydrogens (tertiary/aromatic N) is 1. The summed E-state index contributed by atoms with van der Waals surface area (Å²) < 4.78 is 4.94. The van der Waals surface area contributed by atoms with E-state index in [1.54, 1.807) is 30.2 Å². The number of carbonyl (C=O) groups is 2. The second-order valence-electron chi connectivity index (χ2n) is 5.88. The van der Waals surface area contributed by atoms with Crippen molar-refractivity contribution in [3.8, 4) is 0 Å². The summed E-state index contributed by atoms with van der Waals surface area (Å²) in [4.78, 5) is 26.7. The van der Waals surface area contributed by atoms with Crippen LogP contribution in [0.4, 0.5) is 5.69 Å². The van der Waals surface area contributed by atoms with Crippen LogP contribution in [0, 0.1) is 0 Å². The van der Waals surface area contributed by atoms with Gasteiger partial charge in [-0.05, 0) is 37.5 Å². The van der Waals surface area contributed by atoms with Gasteiger partial charge in [-0.15, -0.1) is 12.4 Å². The predicted octanol–water partition coefficient (Wildman–Crippen LogP) is 2.97. The van der Waals surface area contributed by atoms with E-state index >= 15 is 0 Å². The van der Waals surface area contributed by atoms with Crippen molar-refractivity contribution in [3.05, 3.63) is 28.2 Å². The number of hydrogen-bond acceptors (Lipinski definition) is 4. The largest absolute Gasteiger partial charge is 0.383 e. The molecule has 1 unspecified atom stereocenters. The van der Waals surface area contributed by atoms with Crippen molar-refractivity contribution in [1.82, 2.24) is 10.2 Å². The summed E-state index contributed by atoms with van der Waals surface area (Å²) in [5, 5.41) is 6.70. The molecule has 1 aliphatic heterocycles. The number of likely N-dealkylation sites (tertiary alicyclic amines) is 1. The number of carbonyl (C=O) groups excluding carboxylic acids is 2. The van der Waals surface area contributed by atoms with Crippen LogP contribution in [0.15, 0.2) is 18.2 Å². The van der Waals surface area contributed by atoms with Crippen LogP contribution in [0.5, 0.6) is 0 Å². The molecule has 1 fully saturated rings. The SMILES string of the molecule is COCCNCC(=O)N1CCCCC1C(=O)Nc1ccc(Cl)cc1Cl.Cl. The van der Waals surface area contributed by atoms with E-state index in [2.05, 4.69) is 10.6 Å². The summed E-state index contributed by atoms with van der Waals surface area (Å²) in [5.41, 5.74) is 0.493. The molecular formula is C17H24Cl3N3O3. The van der Waals surface area contributed by atoms with Gasteiger partial charge in [-0.1, -0.05) is 23.2 Å². The van der Waals surface area contributed by atoms with Gasteiger partial charge in [-0.3, -0.25) is 9.59 Å². The molecule has 9 heteroatoms. The van der Waals surface area contributed by atoms with Crippen LogP contribution < -0.4 is 10.6 Å². The summed E-state index contributed by atoms with van der Waals surface area (Å²) in [6, 6.07) is 4.40. The highest BCUT2D eigenvalue weighted by atomic mass is 35.5. The molecule has 26 heavy (non-hydrogen) atoms. The molecule has 0 spiro atoms. The summed E-state index contributed by atoms with van der Waals surface area (Å²) in [6.45, 7) is 1.89. The van der Waals surface area contributed by atoms with E-state index in [9.17, 15) is 9.59 Å². The zero-order chi connectivity index (χ0) is 18.2. The monoisotopic (exact) mass is 423 g/mol. The van der Waals surface area contributed by atoms with Crippen LogP contribution in [0.25, 0.3) is 0 Å². The Balaban J connectivity index is 0.00000338. The molecule has 2 N–H and O–H groups in total. The van der Waals surface area contributed by atoms with Gasteiger partial charge in [0.1, 0.15) is 6.04 Å². The minimum absolute atomic E-state index is 0. The van der Waals surface area contributed by atoms with Crippen LogP contribution in [-0.2, 0) is 14.3 Å². The number of amides is 2. The van der Waals surface area contributed by atoms with Crippen LogP contribution in [0.3, 0.4) is 0 Å². The lowest BCUT2D eigenvalue weighted by atomic mass is 10.0. The number of halogens is 3. The molecule has 1 aliphatic rings. The first kappa shape index (κ1) is 23.0. The molecule has 1 heterocycles. The summed E-state index contributed by atoms with van der Waals surface area (Å²) >= 11 is 12.0. The lowest BCUT2D eigenvalue weighted by Gasteiger charge is -2.35. The topological polar surface area (TPSA) is 70.7 Å². The molecule has 0 aliphatic carbocycles. The second-order valence-corrected chi connectivity index (χ2v) is 6.73. The van der Waals surface area contributed by atoms with E-state index in [1.165, 1.54) is 0 Å². The number of piperidine rings is 1. The van der Waals surface area contributed by atoms with Gasteiger partial charge in [0.2, 0.25) is 11.8 Å². The predicted molar refractivity (Wildman–Crippen MR) is 106 cm³/mol. The Morgan fingerprint density at radius 3 is 2.77 bits per heavy atom. The molecule has 146 valence electrons. The molecule has 0 radical (unpaired) electrons. The maximum atomic E-state index is 12.7. The Bertz CT molecular complexity index is 616. The number of benzene rings is 1. The molecule has 0 saturated carbocycles. The van der Waals surface area contributed by atoms with Gasteiger partial charge >= 0.3 is 0 Å². The minimum atomic E-state index is -0.489. The molecule has 0 aromatic heterocycles. The van der Waals surface area contributed by atoms with Crippen LogP contribution in [0.2, 0.25) is 10.0 Å². The first-order valence-corrected chi connectivity index (χ1v) is 9.03. The molecule has 0 bridgehead atoms. The molecule has 6 nitrogen and oxygen atoms in total. The fourth-order valence-corrected chi connectivity index (χ4v) is 3.24. The number of nitrogens with one attached hydrogen (secondary N) is 2. The van der Waals surface area contributed by atoms with E-state index in [0.717, 1.165) is 12.8 Å². The molecule has 1 aromatic rings. The third kappa shape index (κ3) is 6.59. The molecule has 1 atom stereocenters. The molecule has 1 saturated heterocycles. The van der Waals surface area contributed by atoms with Crippen molar-refractivity contribution in [2.75, 3.05) is 38.7 Å². The first-order chi connectivity index (χ1) is 12.0. The fourth-order valence-electron chi connectivity index (χ4n) is 2.78. The smallest absolute Gasteiger partial charge is 0.247 e. The van der Waals surface area contributed by atoms with E-state index in [0.29, 0.717) is 41.8 Å². The van der Waals surface area contributed by atoms with Crippen molar-refractivity contribution in [3.63, 3.8) is 0 Å². The lowest BCUT2D eigenvalue weighted by molar-refractivity contribution is -0.139. The van der Waals surface area contributed by atoms with Crippen LogP contribution in [-0.4, -0.2) is 56.1 Å². The summed E-state index contributed by atoms with van der Waals surface area (Å²) in [6.07, 6.45) is 2.45. The zero-order valence-corrected chi connectivity index (χ0v) is 16.9. The number of methoxy groups -OCH3 is 1. The average molecular weight is 425 g/mol. The van der Waals surface area contributed by atoms with Gasteiger partial charge in [0, 0.05) is 25.2 Å². The van der Waals surface area contributed by atoms with E-state index in [1.807, 2.05) is 0 Å². The number of anilines is 1. The van der Waals surface area contributed by atoms with Crippen molar-refractivity contribution in [2.45, 2.75) is 25.3 Å². The van der Waals surface area contributed by atoms with Crippen molar-refractivity contribution >= 4 is 53.1 Å². The Morgan fingerprint density at radius 1 is 1.31 bits per heavy atom. The van der Waals surface area contributed by atoms with Crippen molar-refractivity contribution < 1.29 is 14.3 Å². The molecular weight excluding hydrogens is 401 g/mol. The maximum Gasteiger partial charge on any atom is 0.247 e. The van der Waals surface area contributed by atoms with E-state index < -0.39 is 6.04 Å². The summed E-state index contributed by atoms with van der Waals surface area (Å²) in [7, 11) is 1.61. The molecule has 2 rings (SSSR count). The number of rotatable bonds is 7.